The summed E-state index contributed by atoms with van der Waals surface area (Å²) in [5.74, 6) is 0.130. The van der Waals surface area contributed by atoms with Gasteiger partial charge in [-0.3, -0.25) is 14.6 Å². The number of benzene rings is 2. The Hall–Kier alpha value is -3.41. The molecule has 0 saturated heterocycles. The van der Waals surface area contributed by atoms with Gasteiger partial charge in [-0.15, -0.1) is 0 Å². The van der Waals surface area contributed by atoms with Crippen molar-refractivity contribution in [2.75, 3.05) is 10.6 Å². The predicted octanol–water partition coefficient (Wildman–Crippen LogP) is 3.21. The highest BCUT2D eigenvalue weighted by Crippen LogP contribution is 2.32. The molecule has 6 heteroatoms. The van der Waals surface area contributed by atoms with Crippen molar-refractivity contribution in [2.24, 2.45) is 0 Å². The van der Waals surface area contributed by atoms with Crippen LogP contribution in [0.15, 0.2) is 54.7 Å². The normalized spacial score (nSPS) is 15.9. The van der Waals surface area contributed by atoms with Crippen LogP contribution >= 0.6 is 0 Å². The number of carbonyl (C=O) groups is 2. The van der Waals surface area contributed by atoms with Gasteiger partial charge in [0.15, 0.2) is 6.10 Å². The fourth-order valence-electron chi connectivity index (χ4n) is 2.79. The number of ether oxygens (including phenoxy) is 1. The largest absolute Gasteiger partial charge is 0.479 e. The van der Waals surface area contributed by atoms with E-state index in [1.54, 1.807) is 49.5 Å². The van der Waals surface area contributed by atoms with Crippen molar-refractivity contribution in [3.63, 3.8) is 0 Å². The second-order valence-electron chi connectivity index (χ2n) is 5.79. The third-order valence-electron chi connectivity index (χ3n) is 4.06. The number of anilines is 2. The van der Waals surface area contributed by atoms with Crippen LogP contribution in [0.5, 0.6) is 5.75 Å². The van der Waals surface area contributed by atoms with Crippen LogP contribution in [-0.2, 0) is 4.79 Å². The Morgan fingerprint density at radius 1 is 1.20 bits per heavy atom. The summed E-state index contributed by atoms with van der Waals surface area (Å²) in [5, 5.41) is 6.40. The molecule has 0 unspecified atom stereocenters. The van der Waals surface area contributed by atoms with Gasteiger partial charge < -0.3 is 15.4 Å². The molecule has 6 nitrogen and oxygen atoms in total. The van der Waals surface area contributed by atoms with Crippen molar-refractivity contribution in [3.8, 4) is 5.75 Å². The average molecular weight is 333 g/mol. The van der Waals surface area contributed by atoms with E-state index in [1.807, 2.05) is 12.1 Å². The lowest BCUT2D eigenvalue weighted by Gasteiger charge is -2.23. The Bertz CT molecular complexity index is 995. The van der Waals surface area contributed by atoms with Crippen molar-refractivity contribution in [1.82, 2.24) is 4.98 Å². The molecular formula is C19H15N3O3. The number of hydrogen-bond acceptors (Lipinski definition) is 4. The molecule has 1 aromatic heterocycles. The van der Waals surface area contributed by atoms with Crippen LogP contribution in [-0.4, -0.2) is 22.9 Å². The zero-order chi connectivity index (χ0) is 17.4. The molecule has 0 saturated carbocycles. The quantitative estimate of drug-likeness (QED) is 0.755. The van der Waals surface area contributed by atoms with Gasteiger partial charge in [0.05, 0.1) is 11.2 Å². The molecule has 2 heterocycles. The van der Waals surface area contributed by atoms with Gasteiger partial charge in [0.2, 0.25) is 0 Å². The first-order valence-corrected chi connectivity index (χ1v) is 7.88. The first-order chi connectivity index (χ1) is 12.1. The molecule has 2 amide bonds. The van der Waals surface area contributed by atoms with Crippen LogP contribution in [0, 0.1) is 0 Å². The molecule has 1 aliphatic heterocycles. The molecule has 0 radical (unpaired) electrons. The van der Waals surface area contributed by atoms with Gasteiger partial charge in [0.1, 0.15) is 5.75 Å². The molecule has 124 valence electrons. The fraction of sp³-hybridized carbons (Fsp3) is 0.105. The van der Waals surface area contributed by atoms with Crippen molar-refractivity contribution in [3.05, 3.63) is 60.3 Å². The molecule has 25 heavy (non-hydrogen) atoms. The molecule has 1 aliphatic rings. The maximum Gasteiger partial charge on any atom is 0.265 e. The van der Waals surface area contributed by atoms with E-state index in [9.17, 15) is 9.59 Å². The van der Waals surface area contributed by atoms with Crippen LogP contribution < -0.4 is 15.4 Å². The molecule has 0 spiro atoms. The Morgan fingerprint density at radius 3 is 2.96 bits per heavy atom. The summed E-state index contributed by atoms with van der Waals surface area (Å²) >= 11 is 0. The monoisotopic (exact) mass is 333 g/mol. The number of rotatable bonds is 2. The van der Waals surface area contributed by atoms with Gasteiger partial charge in [0, 0.05) is 22.8 Å². The Balaban J connectivity index is 1.63. The zero-order valence-electron chi connectivity index (χ0n) is 13.4. The van der Waals surface area contributed by atoms with E-state index < -0.39 is 6.10 Å². The second kappa shape index (κ2) is 5.90. The number of nitrogens with one attached hydrogen (secondary N) is 2. The minimum atomic E-state index is -0.531. The topological polar surface area (TPSA) is 80.3 Å². The minimum Gasteiger partial charge on any atom is -0.479 e. The number of carbonyl (C=O) groups excluding carboxylic acids is 2. The van der Waals surface area contributed by atoms with Crippen molar-refractivity contribution >= 4 is 34.1 Å². The number of nitrogens with zero attached hydrogens (tertiary/aromatic N) is 1. The average Bonchev–Trinajstić information content (AvgIpc) is 2.62. The number of hydrogen-bond donors (Lipinski definition) is 2. The summed E-state index contributed by atoms with van der Waals surface area (Å²) in [7, 11) is 0. The van der Waals surface area contributed by atoms with E-state index in [1.165, 1.54) is 0 Å². The molecular weight excluding hydrogens is 318 g/mol. The first-order valence-electron chi connectivity index (χ1n) is 7.88. The van der Waals surface area contributed by atoms with Gasteiger partial charge in [-0.2, -0.15) is 0 Å². The van der Waals surface area contributed by atoms with E-state index in [-0.39, 0.29) is 11.8 Å². The van der Waals surface area contributed by atoms with Crippen LogP contribution in [0.25, 0.3) is 10.9 Å². The summed E-state index contributed by atoms with van der Waals surface area (Å²) in [6, 6.07) is 14.2. The summed E-state index contributed by atoms with van der Waals surface area (Å²) in [4.78, 5) is 28.6. The summed E-state index contributed by atoms with van der Waals surface area (Å²) in [6.07, 6.45) is 1.16. The third-order valence-corrected chi connectivity index (χ3v) is 4.06. The first kappa shape index (κ1) is 15.1. The van der Waals surface area contributed by atoms with Gasteiger partial charge in [-0.05, 0) is 43.3 Å². The van der Waals surface area contributed by atoms with Crippen molar-refractivity contribution < 1.29 is 14.3 Å². The summed E-state index contributed by atoms with van der Waals surface area (Å²) in [6.45, 7) is 1.68. The fourth-order valence-corrected chi connectivity index (χ4v) is 2.79. The summed E-state index contributed by atoms with van der Waals surface area (Å²) in [5.41, 5.74) is 2.41. The SMILES string of the molecule is C[C@H]1Oc2ccc(NC(=O)c3cccc4ncccc34)cc2NC1=O. The smallest absolute Gasteiger partial charge is 0.265 e. The third kappa shape index (κ3) is 2.78. The highest BCUT2D eigenvalue weighted by molar-refractivity contribution is 6.12. The van der Waals surface area contributed by atoms with Gasteiger partial charge in [-0.1, -0.05) is 12.1 Å². The van der Waals surface area contributed by atoms with Crippen LogP contribution in [0.3, 0.4) is 0 Å². The Morgan fingerprint density at radius 2 is 2.08 bits per heavy atom. The number of pyridine rings is 1. The van der Waals surface area contributed by atoms with E-state index >= 15 is 0 Å². The van der Waals surface area contributed by atoms with Crippen LogP contribution in [0.2, 0.25) is 0 Å². The van der Waals surface area contributed by atoms with Crippen molar-refractivity contribution in [1.29, 1.82) is 0 Å². The highest BCUT2D eigenvalue weighted by Gasteiger charge is 2.23. The van der Waals surface area contributed by atoms with Crippen molar-refractivity contribution in [2.45, 2.75) is 13.0 Å². The number of fused-ring (bicyclic) bond motifs is 2. The molecule has 2 N–H and O–H groups in total. The Kier molecular flexibility index (Phi) is 3.57. The van der Waals surface area contributed by atoms with E-state index in [2.05, 4.69) is 15.6 Å². The lowest BCUT2D eigenvalue weighted by atomic mass is 10.1. The maximum absolute atomic E-state index is 12.7. The lowest BCUT2D eigenvalue weighted by Crippen LogP contribution is -2.34. The molecule has 4 rings (SSSR count). The molecule has 0 fully saturated rings. The van der Waals surface area contributed by atoms with E-state index in [0.717, 1.165) is 10.9 Å². The summed E-state index contributed by atoms with van der Waals surface area (Å²) < 4.78 is 5.51. The van der Waals surface area contributed by atoms with Gasteiger partial charge >= 0.3 is 0 Å². The molecule has 3 aromatic rings. The minimum absolute atomic E-state index is 0.212. The second-order valence-corrected chi connectivity index (χ2v) is 5.79. The lowest BCUT2D eigenvalue weighted by molar-refractivity contribution is -0.122. The van der Waals surface area contributed by atoms with E-state index in [4.69, 9.17) is 4.74 Å². The molecule has 0 aliphatic carbocycles. The number of aromatic nitrogens is 1. The van der Waals surface area contributed by atoms with Crippen LogP contribution in [0.4, 0.5) is 11.4 Å². The molecule has 1 atom stereocenters. The highest BCUT2D eigenvalue weighted by atomic mass is 16.5. The number of amides is 2. The van der Waals surface area contributed by atoms with E-state index in [0.29, 0.717) is 22.7 Å². The Labute approximate surface area is 143 Å². The molecule has 0 bridgehead atoms. The van der Waals surface area contributed by atoms with Gasteiger partial charge in [-0.25, -0.2) is 0 Å². The maximum atomic E-state index is 12.7. The standard InChI is InChI=1S/C19H15N3O3/c1-11-18(23)22-16-10-12(7-8-17(16)25-11)21-19(24)14-4-2-6-15-13(14)5-3-9-20-15/h2-11H,1H3,(H,21,24)(H,22,23)/t11-/m1/s1. The molecule has 2 aromatic carbocycles. The zero-order valence-corrected chi connectivity index (χ0v) is 13.4. The predicted molar refractivity (Wildman–Crippen MR) is 94.9 cm³/mol. The van der Waals surface area contributed by atoms with Gasteiger partial charge in [0.25, 0.3) is 11.8 Å². The van der Waals surface area contributed by atoms with Crippen LogP contribution in [0.1, 0.15) is 17.3 Å².